The molecule has 0 N–H and O–H groups in total. The number of esters is 1. The van der Waals surface area contributed by atoms with E-state index in [4.69, 9.17) is 4.74 Å². The fourth-order valence-electron chi connectivity index (χ4n) is 1.45. The number of morpholine rings is 1. The van der Waals surface area contributed by atoms with Crippen LogP contribution >= 0.6 is 0 Å². The highest BCUT2D eigenvalue weighted by atomic mass is 19.4. The van der Waals surface area contributed by atoms with Crippen molar-refractivity contribution < 1.29 is 36.2 Å². The van der Waals surface area contributed by atoms with Gasteiger partial charge >= 0.3 is 18.1 Å². The molecule has 1 aliphatic rings. The molecule has 0 radical (unpaired) electrons. The summed E-state index contributed by atoms with van der Waals surface area (Å²) in [7, 11) is 0. The summed E-state index contributed by atoms with van der Waals surface area (Å²) in [6, 6.07) is 0. The lowest BCUT2D eigenvalue weighted by molar-refractivity contribution is -0.283. The van der Waals surface area contributed by atoms with E-state index in [0.717, 1.165) is 0 Å². The monoisotopic (exact) mass is 291 g/mol. The van der Waals surface area contributed by atoms with Gasteiger partial charge in [-0.1, -0.05) is 0 Å². The van der Waals surface area contributed by atoms with E-state index in [0.29, 0.717) is 26.3 Å². The van der Waals surface area contributed by atoms with E-state index in [1.54, 1.807) is 0 Å². The molecule has 0 aromatic rings. The number of ether oxygens (including phenoxy) is 2. The lowest BCUT2D eigenvalue weighted by atomic mass is 10.2. The van der Waals surface area contributed by atoms with Crippen LogP contribution in [0.1, 0.15) is 6.42 Å². The summed E-state index contributed by atoms with van der Waals surface area (Å²) in [5, 5.41) is 0. The van der Waals surface area contributed by atoms with Crippen molar-refractivity contribution in [2.75, 3.05) is 39.5 Å². The number of carbonyl (C=O) groups excluding carboxylic acids is 1. The van der Waals surface area contributed by atoms with Gasteiger partial charge in [0.1, 0.15) is 13.0 Å². The molecule has 0 spiro atoms. The number of carbonyl (C=O) groups is 1. The van der Waals surface area contributed by atoms with E-state index < -0.39 is 24.5 Å². The zero-order valence-electron chi connectivity index (χ0n) is 10.0. The summed E-state index contributed by atoms with van der Waals surface area (Å²) >= 11 is 0. The number of halogens is 5. The van der Waals surface area contributed by atoms with Crippen molar-refractivity contribution in [1.29, 1.82) is 0 Å². The first kappa shape index (κ1) is 16.1. The SMILES string of the molecule is O=C(CC(F)(F)C(F)(F)F)OCCN1CCOCC1. The van der Waals surface area contributed by atoms with Gasteiger partial charge in [0.2, 0.25) is 0 Å². The van der Waals surface area contributed by atoms with Crippen molar-refractivity contribution in [3.05, 3.63) is 0 Å². The first-order valence-electron chi connectivity index (χ1n) is 5.62. The third-order valence-electron chi connectivity index (χ3n) is 2.56. The topological polar surface area (TPSA) is 38.8 Å². The fourth-order valence-corrected chi connectivity index (χ4v) is 1.45. The summed E-state index contributed by atoms with van der Waals surface area (Å²) < 4.78 is 69.9. The van der Waals surface area contributed by atoms with Crippen LogP contribution in [-0.4, -0.2) is 62.4 Å². The molecule has 0 unspecified atom stereocenters. The van der Waals surface area contributed by atoms with Crippen LogP contribution in [0.3, 0.4) is 0 Å². The number of rotatable bonds is 5. The Hall–Kier alpha value is -0.960. The van der Waals surface area contributed by atoms with Crippen LogP contribution in [0.2, 0.25) is 0 Å². The van der Waals surface area contributed by atoms with Crippen molar-refractivity contribution in [1.82, 2.24) is 4.90 Å². The number of hydrogen-bond donors (Lipinski definition) is 0. The maximum absolute atomic E-state index is 12.5. The maximum atomic E-state index is 12.5. The minimum Gasteiger partial charge on any atom is -0.464 e. The standard InChI is InChI=1S/C10H14F5NO3/c11-9(12,10(13,14)15)7-8(17)19-6-3-16-1-4-18-5-2-16/h1-7H2. The van der Waals surface area contributed by atoms with Crippen LogP contribution in [-0.2, 0) is 14.3 Å². The summed E-state index contributed by atoms with van der Waals surface area (Å²) in [6.45, 7) is 2.31. The van der Waals surface area contributed by atoms with Gasteiger partial charge in [0.25, 0.3) is 0 Å². The highest BCUT2D eigenvalue weighted by Gasteiger charge is 2.58. The highest BCUT2D eigenvalue weighted by molar-refractivity contribution is 5.70. The Morgan fingerprint density at radius 1 is 1.16 bits per heavy atom. The maximum Gasteiger partial charge on any atom is 0.453 e. The van der Waals surface area contributed by atoms with E-state index in [9.17, 15) is 26.7 Å². The van der Waals surface area contributed by atoms with E-state index in [1.807, 2.05) is 4.90 Å². The lowest BCUT2D eigenvalue weighted by Crippen LogP contribution is -2.40. The largest absolute Gasteiger partial charge is 0.464 e. The molecule has 112 valence electrons. The Labute approximate surface area is 106 Å². The predicted molar refractivity (Wildman–Crippen MR) is 53.8 cm³/mol. The van der Waals surface area contributed by atoms with Gasteiger partial charge in [0.15, 0.2) is 0 Å². The van der Waals surface area contributed by atoms with Gasteiger partial charge in [-0.05, 0) is 0 Å². The van der Waals surface area contributed by atoms with Crippen molar-refractivity contribution >= 4 is 5.97 Å². The lowest BCUT2D eigenvalue weighted by Gasteiger charge is -2.26. The molecule has 19 heavy (non-hydrogen) atoms. The normalized spacial score (nSPS) is 18.4. The second kappa shape index (κ2) is 6.47. The minimum atomic E-state index is -5.74. The predicted octanol–water partition coefficient (Wildman–Crippen LogP) is 1.45. The fraction of sp³-hybridized carbons (Fsp3) is 0.900. The molecule has 0 amide bonds. The Bertz CT molecular complexity index is 302. The zero-order chi connectivity index (χ0) is 14.5. The quantitative estimate of drug-likeness (QED) is 0.568. The molecule has 0 atom stereocenters. The molecule has 0 bridgehead atoms. The van der Waals surface area contributed by atoms with Crippen LogP contribution in [0.4, 0.5) is 22.0 Å². The minimum absolute atomic E-state index is 0.216. The number of nitrogens with zero attached hydrogens (tertiary/aromatic N) is 1. The number of hydrogen-bond acceptors (Lipinski definition) is 4. The smallest absolute Gasteiger partial charge is 0.453 e. The van der Waals surface area contributed by atoms with E-state index >= 15 is 0 Å². The molecule has 1 aliphatic heterocycles. The van der Waals surface area contributed by atoms with Gasteiger partial charge in [0, 0.05) is 19.6 Å². The second-order valence-corrected chi connectivity index (χ2v) is 4.05. The third kappa shape index (κ3) is 5.27. The molecule has 0 aliphatic carbocycles. The molecule has 1 saturated heterocycles. The Morgan fingerprint density at radius 2 is 1.74 bits per heavy atom. The van der Waals surface area contributed by atoms with Crippen molar-refractivity contribution in [3.63, 3.8) is 0 Å². The van der Waals surface area contributed by atoms with E-state index in [-0.39, 0.29) is 13.2 Å². The second-order valence-electron chi connectivity index (χ2n) is 4.05. The van der Waals surface area contributed by atoms with Gasteiger partial charge in [-0.2, -0.15) is 22.0 Å². The summed E-state index contributed by atoms with van der Waals surface area (Å²) in [5.41, 5.74) is 0. The molecule has 1 rings (SSSR count). The molecule has 1 heterocycles. The Kier molecular flexibility index (Phi) is 5.48. The van der Waals surface area contributed by atoms with Crippen LogP contribution in [0.5, 0.6) is 0 Å². The van der Waals surface area contributed by atoms with E-state index in [2.05, 4.69) is 4.74 Å². The first-order valence-corrected chi connectivity index (χ1v) is 5.62. The van der Waals surface area contributed by atoms with Crippen LogP contribution in [0, 0.1) is 0 Å². The molecule has 9 heteroatoms. The zero-order valence-corrected chi connectivity index (χ0v) is 10.0. The molecule has 0 saturated carbocycles. The van der Waals surface area contributed by atoms with Crippen LogP contribution < -0.4 is 0 Å². The summed E-state index contributed by atoms with van der Waals surface area (Å²) in [5.74, 6) is -6.61. The molecule has 0 aromatic carbocycles. The van der Waals surface area contributed by atoms with Crippen molar-refractivity contribution in [3.8, 4) is 0 Å². The average molecular weight is 291 g/mol. The summed E-state index contributed by atoms with van der Waals surface area (Å²) in [6.07, 6.45) is -7.73. The van der Waals surface area contributed by atoms with Gasteiger partial charge in [-0.3, -0.25) is 9.69 Å². The third-order valence-corrected chi connectivity index (χ3v) is 2.56. The molecular weight excluding hydrogens is 277 g/mol. The van der Waals surface area contributed by atoms with Crippen molar-refractivity contribution in [2.24, 2.45) is 0 Å². The van der Waals surface area contributed by atoms with E-state index in [1.165, 1.54) is 0 Å². The van der Waals surface area contributed by atoms with Gasteiger partial charge < -0.3 is 9.47 Å². The molecule has 0 aromatic heterocycles. The van der Waals surface area contributed by atoms with Gasteiger partial charge in [-0.15, -0.1) is 0 Å². The van der Waals surface area contributed by atoms with Gasteiger partial charge in [0.05, 0.1) is 13.2 Å². The van der Waals surface area contributed by atoms with Crippen LogP contribution in [0.15, 0.2) is 0 Å². The molecule has 4 nitrogen and oxygen atoms in total. The van der Waals surface area contributed by atoms with Gasteiger partial charge in [-0.25, -0.2) is 0 Å². The summed E-state index contributed by atoms with van der Waals surface area (Å²) in [4.78, 5) is 12.8. The number of alkyl halides is 5. The van der Waals surface area contributed by atoms with Crippen LogP contribution in [0.25, 0.3) is 0 Å². The Balaban J connectivity index is 2.24. The molecular formula is C10H14F5NO3. The molecule has 1 fully saturated rings. The highest BCUT2D eigenvalue weighted by Crippen LogP contribution is 2.38. The average Bonchev–Trinajstić information content (AvgIpc) is 2.28. The van der Waals surface area contributed by atoms with Crippen molar-refractivity contribution in [2.45, 2.75) is 18.5 Å². The Morgan fingerprint density at radius 3 is 2.26 bits per heavy atom. The first-order chi connectivity index (χ1) is 8.72.